The number of likely N-dealkylation sites (tertiary alicyclic amines) is 3. The van der Waals surface area contributed by atoms with E-state index in [1.165, 1.54) is 19.3 Å². The number of carbonyl (C=O) groups excluding carboxylic acids is 3. The number of hydrogen-bond acceptors (Lipinski definition) is 6. The van der Waals surface area contributed by atoms with Gasteiger partial charge in [-0.3, -0.25) is 19.5 Å². The van der Waals surface area contributed by atoms with Gasteiger partial charge in [0.2, 0.25) is 5.91 Å². The summed E-state index contributed by atoms with van der Waals surface area (Å²) in [5.41, 5.74) is 4.94. The van der Waals surface area contributed by atoms with Crippen molar-refractivity contribution in [3.8, 4) is 0 Å². The smallest absolute Gasteiger partial charge is 0.318 e. The summed E-state index contributed by atoms with van der Waals surface area (Å²) in [5, 5.41) is 11.4. The van der Waals surface area contributed by atoms with E-state index in [0.717, 1.165) is 66.4 Å². The lowest BCUT2D eigenvalue weighted by Gasteiger charge is -2.41. The van der Waals surface area contributed by atoms with Crippen LogP contribution in [0.5, 0.6) is 0 Å². The highest BCUT2D eigenvalue weighted by molar-refractivity contribution is 5.96. The number of aromatic amines is 2. The Morgan fingerprint density at radius 3 is 2.43 bits per heavy atom. The molecule has 0 unspecified atom stereocenters. The number of Topliss-reactive ketones (excluding diaryl/α,β-unsaturated/α-hetero) is 1. The highest BCUT2D eigenvalue weighted by Gasteiger charge is 2.34. The van der Waals surface area contributed by atoms with Gasteiger partial charge in [-0.2, -0.15) is 5.10 Å². The number of ketones is 1. The molecule has 3 amide bonds. The van der Waals surface area contributed by atoms with Crippen LogP contribution in [0.3, 0.4) is 0 Å². The maximum atomic E-state index is 14.1. The summed E-state index contributed by atoms with van der Waals surface area (Å²) >= 11 is 0. The summed E-state index contributed by atoms with van der Waals surface area (Å²) < 4.78 is 0. The van der Waals surface area contributed by atoms with E-state index in [1.807, 2.05) is 17.9 Å². The molecule has 7 rings (SSSR count). The molecule has 0 spiro atoms. The summed E-state index contributed by atoms with van der Waals surface area (Å²) in [4.78, 5) is 62.3. The zero-order chi connectivity index (χ0) is 32.5. The average Bonchev–Trinajstić information content (AvgIpc) is 3.58. The third-order valence-electron chi connectivity index (χ3n) is 11.0. The Bertz CT molecular complexity index is 1690. The lowest BCUT2D eigenvalue weighted by atomic mass is 9.86. The van der Waals surface area contributed by atoms with Crippen molar-refractivity contribution in [1.29, 1.82) is 0 Å². The van der Waals surface area contributed by atoms with Gasteiger partial charge in [0.05, 0.1) is 17.4 Å². The van der Waals surface area contributed by atoms with E-state index in [0.29, 0.717) is 69.2 Å². The summed E-state index contributed by atoms with van der Waals surface area (Å²) in [6.07, 6.45) is 11.4. The molecule has 3 N–H and O–H groups in total. The molecule has 4 aliphatic rings. The molecular weight excluding hydrogens is 594 g/mol. The maximum Gasteiger partial charge on any atom is 0.318 e. The predicted molar refractivity (Wildman–Crippen MR) is 180 cm³/mol. The number of rotatable bonds is 6. The van der Waals surface area contributed by atoms with E-state index < -0.39 is 6.04 Å². The van der Waals surface area contributed by atoms with Crippen molar-refractivity contribution in [1.82, 2.24) is 35.2 Å². The molecule has 1 aliphatic carbocycles. The van der Waals surface area contributed by atoms with Crippen molar-refractivity contribution in [2.75, 3.05) is 39.3 Å². The van der Waals surface area contributed by atoms with Crippen LogP contribution in [0.4, 0.5) is 4.79 Å². The number of nitrogens with one attached hydrogen (secondary N) is 3. The molecule has 3 saturated heterocycles. The largest absolute Gasteiger partial charge is 0.341 e. The zero-order valence-electron chi connectivity index (χ0n) is 27.5. The standard InChI is InChI=1S/C36H47N7O4/c1-23-18-24(19-27-22-37-40-32(23)27)20-30(35(46)42-16-10-28(11-17-42)41-12-3-2-4-13-41)38-36(47)43-14-8-25(9-15-43)29-21-26-6-5-7-31(44)33(26)39-34(29)45/h18-19,21-22,25,28,30H,2-17,20H2,1H3,(H,37,40)(H,38,47)(H,39,45)/t30-/m1/s1. The molecule has 11 nitrogen and oxygen atoms in total. The summed E-state index contributed by atoms with van der Waals surface area (Å²) in [5.74, 6) is 0.00976. The molecule has 47 heavy (non-hydrogen) atoms. The molecule has 250 valence electrons. The van der Waals surface area contributed by atoms with Gasteiger partial charge < -0.3 is 25.0 Å². The van der Waals surface area contributed by atoms with Crippen molar-refractivity contribution < 1.29 is 14.4 Å². The van der Waals surface area contributed by atoms with Gasteiger partial charge in [-0.15, -0.1) is 0 Å². The van der Waals surface area contributed by atoms with Crippen LogP contribution in [0.25, 0.3) is 10.9 Å². The lowest BCUT2D eigenvalue weighted by Crippen LogP contribution is -2.56. The zero-order valence-corrected chi connectivity index (χ0v) is 27.5. The number of aromatic nitrogens is 3. The van der Waals surface area contributed by atoms with Crippen LogP contribution in [0.15, 0.2) is 29.2 Å². The highest BCUT2D eigenvalue weighted by Crippen LogP contribution is 2.29. The van der Waals surface area contributed by atoms with E-state index in [2.05, 4.69) is 37.5 Å². The Morgan fingerprint density at radius 1 is 0.915 bits per heavy atom. The second-order valence-corrected chi connectivity index (χ2v) is 14.1. The Morgan fingerprint density at radius 2 is 1.66 bits per heavy atom. The highest BCUT2D eigenvalue weighted by atomic mass is 16.2. The number of pyridine rings is 1. The number of benzene rings is 1. The molecule has 11 heteroatoms. The second kappa shape index (κ2) is 13.6. The van der Waals surface area contributed by atoms with Crippen LogP contribution < -0.4 is 10.9 Å². The molecule has 3 aromatic rings. The molecule has 1 aromatic carbocycles. The van der Waals surface area contributed by atoms with Crippen LogP contribution in [0.1, 0.15) is 96.4 Å². The van der Waals surface area contributed by atoms with Crippen LogP contribution in [-0.2, 0) is 17.6 Å². The SMILES string of the molecule is Cc1cc(C[C@@H](NC(=O)N2CCC(c3cc4c([nH]c3=O)C(=O)CCC4)CC2)C(=O)N2CCC(N3CCCCC3)CC2)cc2cn[nH]c12. The van der Waals surface area contributed by atoms with Crippen LogP contribution in [0.2, 0.25) is 0 Å². The fourth-order valence-corrected chi connectivity index (χ4v) is 8.36. The minimum atomic E-state index is -0.684. The van der Waals surface area contributed by atoms with Gasteiger partial charge in [0, 0.05) is 56.0 Å². The Kier molecular flexibility index (Phi) is 9.16. The van der Waals surface area contributed by atoms with Gasteiger partial charge in [-0.25, -0.2) is 4.79 Å². The van der Waals surface area contributed by atoms with Crippen molar-refractivity contribution in [3.63, 3.8) is 0 Å². The van der Waals surface area contributed by atoms with Gasteiger partial charge in [0.15, 0.2) is 5.78 Å². The third-order valence-corrected chi connectivity index (χ3v) is 11.0. The molecule has 2 aromatic heterocycles. The molecular formula is C36H47N7O4. The number of hydrogen-bond donors (Lipinski definition) is 3. The number of urea groups is 1. The number of H-pyrrole nitrogens is 2. The first kappa shape index (κ1) is 31.6. The average molecular weight is 642 g/mol. The van der Waals surface area contributed by atoms with Gasteiger partial charge in [-0.1, -0.05) is 12.5 Å². The number of aryl methyl sites for hydroxylation is 2. The second-order valence-electron chi connectivity index (χ2n) is 14.1. The normalized spacial score (nSPS) is 20.7. The van der Waals surface area contributed by atoms with Crippen molar-refractivity contribution in [2.45, 2.75) is 95.6 Å². The van der Waals surface area contributed by atoms with Crippen molar-refractivity contribution >= 4 is 28.6 Å². The Balaban J connectivity index is 1.03. The summed E-state index contributed by atoms with van der Waals surface area (Å²) in [6.45, 7) is 6.74. The fourth-order valence-electron chi connectivity index (χ4n) is 8.36. The quantitative estimate of drug-likeness (QED) is 0.372. The Hall–Kier alpha value is -3.99. The van der Waals surface area contributed by atoms with E-state index in [9.17, 15) is 19.2 Å². The molecule has 0 radical (unpaired) electrons. The first-order valence-corrected chi connectivity index (χ1v) is 17.6. The molecule has 1 atom stereocenters. The molecule has 5 heterocycles. The number of carbonyl (C=O) groups is 3. The van der Waals surface area contributed by atoms with Gasteiger partial charge in [0.1, 0.15) is 6.04 Å². The van der Waals surface area contributed by atoms with Gasteiger partial charge in [-0.05, 0) is 106 Å². The molecule has 0 bridgehead atoms. The van der Waals surface area contributed by atoms with Crippen molar-refractivity contribution in [2.24, 2.45) is 0 Å². The van der Waals surface area contributed by atoms with Crippen LogP contribution >= 0.6 is 0 Å². The fraction of sp³-hybridized carbons (Fsp3) is 0.583. The van der Waals surface area contributed by atoms with Gasteiger partial charge >= 0.3 is 6.03 Å². The maximum absolute atomic E-state index is 14.1. The van der Waals surface area contributed by atoms with E-state index >= 15 is 0 Å². The van der Waals surface area contributed by atoms with Crippen LogP contribution in [-0.4, -0.2) is 99.0 Å². The monoisotopic (exact) mass is 641 g/mol. The number of piperidine rings is 3. The van der Waals surface area contributed by atoms with Crippen LogP contribution in [0, 0.1) is 6.92 Å². The minimum Gasteiger partial charge on any atom is -0.341 e. The van der Waals surface area contributed by atoms with E-state index in [-0.39, 0.29) is 29.2 Å². The number of fused-ring (bicyclic) bond motifs is 2. The van der Waals surface area contributed by atoms with E-state index in [4.69, 9.17) is 0 Å². The van der Waals surface area contributed by atoms with Gasteiger partial charge in [0.25, 0.3) is 5.56 Å². The number of amides is 3. The molecule has 3 aliphatic heterocycles. The first-order valence-electron chi connectivity index (χ1n) is 17.6. The lowest BCUT2D eigenvalue weighted by molar-refractivity contribution is -0.134. The van der Waals surface area contributed by atoms with Crippen molar-refractivity contribution in [3.05, 3.63) is 62.7 Å². The molecule has 0 saturated carbocycles. The van der Waals surface area contributed by atoms with E-state index in [1.54, 1.807) is 11.1 Å². The Labute approximate surface area is 275 Å². The summed E-state index contributed by atoms with van der Waals surface area (Å²) in [7, 11) is 0. The number of nitrogens with zero attached hydrogens (tertiary/aromatic N) is 4. The topological polar surface area (TPSA) is 134 Å². The molecule has 3 fully saturated rings. The minimum absolute atomic E-state index is 0.0108. The first-order chi connectivity index (χ1) is 22.8. The summed E-state index contributed by atoms with van der Waals surface area (Å²) in [6, 6.07) is 5.66. The predicted octanol–water partition coefficient (Wildman–Crippen LogP) is 4.06. The third kappa shape index (κ3) is 6.72.